The van der Waals surface area contributed by atoms with Crippen LogP contribution in [0.15, 0.2) is 18.2 Å². The van der Waals surface area contributed by atoms with Gasteiger partial charge in [-0.25, -0.2) is 0 Å². The van der Waals surface area contributed by atoms with Crippen LogP contribution in [0, 0.1) is 5.92 Å². The van der Waals surface area contributed by atoms with Crippen molar-refractivity contribution in [2.75, 3.05) is 0 Å². The van der Waals surface area contributed by atoms with Crippen molar-refractivity contribution in [1.82, 2.24) is 0 Å². The molecule has 1 aliphatic carbocycles. The zero-order valence-corrected chi connectivity index (χ0v) is 12.6. The minimum atomic E-state index is -0.290. The number of aromatic hydroxyl groups is 1. The summed E-state index contributed by atoms with van der Waals surface area (Å²) in [5.74, 6) is 0.752. The van der Waals surface area contributed by atoms with Gasteiger partial charge in [-0.1, -0.05) is 32.0 Å². The molecule has 0 radical (unpaired) electrons. The minimum Gasteiger partial charge on any atom is -0.507 e. The number of hydrogen-bond donors (Lipinski definition) is 1. The lowest BCUT2D eigenvalue weighted by Crippen LogP contribution is -2.11. The maximum atomic E-state index is 11.3. The Balaban J connectivity index is 2.35. The second-order valence-electron chi connectivity index (χ2n) is 5.67. The number of para-hydroxylation sites is 1. The Labute approximate surface area is 121 Å². The highest BCUT2D eigenvalue weighted by molar-refractivity contribution is 5.66. The molecule has 3 nitrogen and oxygen atoms in total. The number of phenolic OH excluding ortho intramolecular Hbond substituents is 1. The fourth-order valence-corrected chi connectivity index (χ4v) is 2.86. The molecule has 0 aliphatic heterocycles. The lowest BCUT2D eigenvalue weighted by Gasteiger charge is -2.22. The third-order valence-corrected chi connectivity index (χ3v) is 4.17. The number of hydrogen-bond acceptors (Lipinski definition) is 3. The van der Waals surface area contributed by atoms with Crippen molar-refractivity contribution in [3.8, 4) is 5.75 Å². The second-order valence-corrected chi connectivity index (χ2v) is 5.67. The molecule has 0 spiro atoms. The van der Waals surface area contributed by atoms with E-state index in [-0.39, 0.29) is 12.1 Å². The van der Waals surface area contributed by atoms with E-state index in [4.69, 9.17) is 4.74 Å². The summed E-state index contributed by atoms with van der Waals surface area (Å²) in [6.07, 6.45) is 3.82. The zero-order chi connectivity index (χ0) is 14.7. The van der Waals surface area contributed by atoms with Gasteiger partial charge in [0, 0.05) is 18.4 Å². The molecule has 0 heterocycles. The number of phenols is 1. The lowest BCUT2D eigenvalue weighted by molar-refractivity contribution is -0.147. The van der Waals surface area contributed by atoms with Crippen molar-refractivity contribution in [2.24, 2.45) is 5.92 Å². The van der Waals surface area contributed by atoms with Gasteiger partial charge in [0.2, 0.25) is 0 Å². The summed E-state index contributed by atoms with van der Waals surface area (Å²) in [7, 11) is 0. The van der Waals surface area contributed by atoms with Gasteiger partial charge >= 0.3 is 5.97 Å². The quantitative estimate of drug-likeness (QED) is 0.787. The van der Waals surface area contributed by atoms with Gasteiger partial charge in [0.05, 0.1) is 0 Å². The van der Waals surface area contributed by atoms with E-state index >= 15 is 0 Å². The molecular weight excluding hydrogens is 252 g/mol. The molecule has 1 saturated carbocycles. The summed E-state index contributed by atoms with van der Waals surface area (Å²) in [6.45, 7) is 5.69. The number of ether oxygens (including phenoxy) is 1. The second kappa shape index (κ2) is 6.29. The predicted octanol–water partition coefficient (Wildman–Crippen LogP) is 4.31. The zero-order valence-electron chi connectivity index (χ0n) is 12.6. The normalized spacial score (nSPS) is 16.2. The number of carbonyl (C=O) groups excluding carboxylic acids is 1. The summed E-state index contributed by atoms with van der Waals surface area (Å²) < 4.78 is 5.44. The van der Waals surface area contributed by atoms with Crippen LogP contribution in [-0.2, 0) is 9.53 Å². The van der Waals surface area contributed by atoms with Crippen LogP contribution in [0.5, 0.6) is 5.75 Å². The molecule has 0 amide bonds. The maximum Gasteiger partial charge on any atom is 0.303 e. The summed E-state index contributed by atoms with van der Waals surface area (Å²) in [4.78, 5) is 11.3. The van der Waals surface area contributed by atoms with Crippen LogP contribution < -0.4 is 0 Å². The molecule has 1 aromatic carbocycles. The van der Waals surface area contributed by atoms with Gasteiger partial charge in [-0.3, -0.25) is 4.79 Å². The molecule has 1 fully saturated rings. The molecule has 1 aliphatic rings. The fraction of sp³-hybridized carbons (Fsp3) is 0.588. The molecule has 1 aromatic rings. The SMILES string of the molecule is CCC(CC)c1cccc(C(OC(C)=O)C2CC2)c1O. The van der Waals surface area contributed by atoms with Gasteiger partial charge in [0.25, 0.3) is 0 Å². The highest BCUT2D eigenvalue weighted by atomic mass is 16.5. The predicted molar refractivity (Wildman–Crippen MR) is 78.7 cm³/mol. The summed E-state index contributed by atoms with van der Waals surface area (Å²) in [6, 6.07) is 5.82. The first-order valence-corrected chi connectivity index (χ1v) is 7.57. The molecule has 1 atom stereocenters. The van der Waals surface area contributed by atoms with E-state index < -0.39 is 0 Å². The average molecular weight is 276 g/mol. The third kappa shape index (κ3) is 3.14. The molecule has 0 bridgehead atoms. The number of benzene rings is 1. The van der Waals surface area contributed by atoms with E-state index in [1.165, 1.54) is 6.92 Å². The van der Waals surface area contributed by atoms with E-state index in [9.17, 15) is 9.90 Å². The highest BCUT2D eigenvalue weighted by Gasteiger charge is 2.36. The van der Waals surface area contributed by atoms with E-state index in [0.29, 0.717) is 17.6 Å². The summed E-state index contributed by atoms with van der Waals surface area (Å²) in [5.41, 5.74) is 1.75. The van der Waals surface area contributed by atoms with Crippen molar-refractivity contribution < 1.29 is 14.6 Å². The van der Waals surface area contributed by atoms with Crippen molar-refractivity contribution in [3.63, 3.8) is 0 Å². The number of esters is 1. The van der Waals surface area contributed by atoms with E-state index in [1.807, 2.05) is 18.2 Å². The van der Waals surface area contributed by atoms with E-state index in [1.54, 1.807) is 0 Å². The average Bonchev–Trinajstić information content (AvgIpc) is 3.24. The van der Waals surface area contributed by atoms with Gasteiger partial charge in [0.1, 0.15) is 11.9 Å². The lowest BCUT2D eigenvalue weighted by atomic mass is 9.90. The largest absolute Gasteiger partial charge is 0.507 e. The maximum absolute atomic E-state index is 11.3. The molecule has 110 valence electrons. The molecule has 1 N–H and O–H groups in total. The van der Waals surface area contributed by atoms with Gasteiger partial charge in [-0.05, 0) is 37.2 Å². The van der Waals surface area contributed by atoms with Gasteiger partial charge in [-0.15, -0.1) is 0 Å². The Bertz CT molecular complexity index is 473. The number of carbonyl (C=O) groups is 1. The van der Waals surface area contributed by atoms with Gasteiger partial charge < -0.3 is 9.84 Å². The Morgan fingerprint density at radius 3 is 2.40 bits per heavy atom. The Morgan fingerprint density at radius 1 is 1.30 bits per heavy atom. The van der Waals surface area contributed by atoms with E-state index in [0.717, 1.165) is 36.8 Å². The molecule has 1 unspecified atom stereocenters. The Kier molecular flexibility index (Phi) is 4.69. The first-order chi connectivity index (χ1) is 9.58. The van der Waals surface area contributed by atoms with Gasteiger partial charge in [0.15, 0.2) is 0 Å². The summed E-state index contributed by atoms with van der Waals surface area (Å²) >= 11 is 0. The smallest absolute Gasteiger partial charge is 0.303 e. The topological polar surface area (TPSA) is 46.5 Å². The van der Waals surface area contributed by atoms with Crippen LogP contribution in [0.4, 0.5) is 0 Å². The van der Waals surface area contributed by atoms with Crippen LogP contribution in [-0.4, -0.2) is 11.1 Å². The fourth-order valence-electron chi connectivity index (χ4n) is 2.86. The van der Waals surface area contributed by atoms with Crippen LogP contribution in [0.1, 0.15) is 69.6 Å². The number of rotatable bonds is 6. The molecular formula is C17H24O3. The molecule has 0 saturated heterocycles. The third-order valence-electron chi connectivity index (χ3n) is 4.17. The molecule has 2 rings (SSSR count). The molecule has 3 heteroatoms. The Morgan fingerprint density at radius 2 is 1.90 bits per heavy atom. The first-order valence-electron chi connectivity index (χ1n) is 7.57. The van der Waals surface area contributed by atoms with E-state index in [2.05, 4.69) is 13.8 Å². The monoisotopic (exact) mass is 276 g/mol. The van der Waals surface area contributed by atoms with Crippen LogP contribution in [0.3, 0.4) is 0 Å². The summed E-state index contributed by atoms with van der Waals surface area (Å²) in [5, 5.41) is 10.6. The minimum absolute atomic E-state index is 0.283. The molecule has 20 heavy (non-hydrogen) atoms. The van der Waals surface area contributed by atoms with Crippen molar-refractivity contribution in [1.29, 1.82) is 0 Å². The Hall–Kier alpha value is -1.51. The first kappa shape index (κ1) is 14.9. The standard InChI is InChI=1S/C17H24O3/c1-4-12(5-2)14-7-6-8-15(16(14)19)17(13-9-10-13)20-11(3)18/h6-8,12-13,17,19H,4-5,9-10H2,1-3H3. The van der Waals surface area contributed by atoms with Gasteiger partial charge in [-0.2, -0.15) is 0 Å². The van der Waals surface area contributed by atoms with Crippen LogP contribution in [0.2, 0.25) is 0 Å². The van der Waals surface area contributed by atoms with Crippen molar-refractivity contribution in [3.05, 3.63) is 29.3 Å². The van der Waals surface area contributed by atoms with Crippen molar-refractivity contribution in [2.45, 2.75) is 58.5 Å². The highest BCUT2D eigenvalue weighted by Crippen LogP contribution is 2.47. The van der Waals surface area contributed by atoms with Crippen LogP contribution >= 0.6 is 0 Å². The van der Waals surface area contributed by atoms with Crippen molar-refractivity contribution >= 4 is 5.97 Å². The molecule has 0 aromatic heterocycles. The van der Waals surface area contributed by atoms with Crippen LogP contribution in [0.25, 0.3) is 0 Å².